The highest BCUT2D eigenvalue weighted by molar-refractivity contribution is 7.88. The van der Waals surface area contributed by atoms with E-state index in [9.17, 15) is 21.6 Å². The maximum Gasteiger partial charge on any atom is 0.413 e. The molecule has 0 saturated carbocycles. The van der Waals surface area contributed by atoms with Gasteiger partial charge in [0, 0.05) is 14.1 Å². The molecule has 0 spiro atoms. The Labute approximate surface area is 108 Å². The molecule has 1 rings (SSSR count). The number of hydrogen-bond donors (Lipinski definition) is 1. The smallest absolute Gasteiger partial charge is 0.413 e. The molecule has 6 nitrogen and oxygen atoms in total. The quantitative estimate of drug-likeness (QED) is 0.629. The number of hydroxylamine groups is 1. The zero-order valence-electron chi connectivity index (χ0n) is 10.2. The van der Waals surface area contributed by atoms with Crippen LogP contribution in [0.5, 0.6) is 0 Å². The number of hydrogen-bond acceptors (Lipinski definition) is 5. The van der Waals surface area contributed by atoms with Crippen molar-refractivity contribution in [3.8, 4) is 0 Å². The standard InChI is InChI=1S/C9H13F3N2O4S/c1-14(2)19(15,16)8-4-3-7(18-8)5-13-17-6-9(10,11)12/h3-4,13H,5-6H2,1-2H3. The topological polar surface area (TPSA) is 71.8 Å². The van der Waals surface area contributed by atoms with Gasteiger partial charge in [-0.25, -0.2) is 12.7 Å². The van der Waals surface area contributed by atoms with Crippen molar-refractivity contribution in [2.75, 3.05) is 20.7 Å². The second-order valence-electron chi connectivity index (χ2n) is 3.73. The maximum atomic E-state index is 11.8. The largest absolute Gasteiger partial charge is 0.447 e. The summed E-state index contributed by atoms with van der Waals surface area (Å²) in [7, 11) is -1.02. The van der Waals surface area contributed by atoms with E-state index in [4.69, 9.17) is 4.42 Å². The van der Waals surface area contributed by atoms with Gasteiger partial charge < -0.3 is 4.42 Å². The second kappa shape index (κ2) is 5.90. The molecule has 0 unspecified atom stereocenters. The van der Waals surface area contributed by atoms with Gasteiger partial charge in [-0.1, -0.05) is 0 Å². The lowest BCUT2D eigenvalue weighted by molar-refractivity contribution is -0.190. The van der Waals surface area contributed by atoms with Crippen LogP contribution >= 0.6 is 0 Å². The Kier molecular flexibility index (Phi) is 4.96. The Morgan fingerprint density at radius 2 is 2.00 bits per heavy atom. The third-order valence-electron chi connectivity index (χ3n) is 1.96. The lowest BCUT2D eigenvalue weighted by Crippen LogP contribution is -2.24. The molecule has 1 aromatic rings. The number of alkyl halides is 3. The van der Waals surface area contributed by atoms with Crippen LogP contribution in [0.1, 0.15) is 5.76 Å². The van der Waals surface area contributed by atoms with Gasteiger partial charge in [0.15, 0.2) is 6.61 Å². The van der Waals surface area contributed by atoms with Crippen LogP contribution in [0.25, 0.3) is 0 Å². The van der Waals surface area contributed by atoms with E-state index >= 15 is 0 Å². The first kappa shape index (κ1) is 16.0. The Balaban J connectivity index is 2.53. The Bertz CT molecular complexity index is 510. The molecule has 0 amide bonds. The van der Waals surface area contributed by atoms with Gasteiger partial charge >= 0.3 is 6.18 Å². The summed E-state index contributed by atoms with van der Waals surface area (Å²) in [6.07, 6.45) is -4.43. The minimum absolute atomic E-state index is 0.141. The third-order valence-corrected chi connectivity index (χ3v) is 3.65. The molecular weight excluding hydrogens is 289 g/mol. The number of nitrogens with one attached hydrogen (secondary N) is 1. The Hall–Kier alpha value is -1.10. The van der Waals surface area contributed by atoms with Gasteiger partial charge in [0.2, 0.25) is 5.09 Å². The summed E-state index contributed by atoms with van der Waals surface area (Å²) in [4.78, 5) is 4.15. The molecular formula is C9H13F3N2O4S. The van der Waals surface area contributed by atoms with Crippen LogP contribution in [0.2, 0.25) is 0 Å². The van der Waals surface area contributed by atoms with E-state index in [1.165, 1.54) is 26.2 Å². The first-order valence-corrected chi connectivity index (χ1v) is 6.49. The van der Waals surface area contributed by atoms with Crippen LogP contribution in [0.3, 0.4) is 0 Å². The first-order valence-electron chi connectivity index (χ1n) is 5.05. The summed E-state index contributed by atoms with van der Waals surface area (Å²) >= 11 is 0. The van der Waals surface area contributed by atoms with Crippen LogP contribution in [0, 0.1) is 0 Å². The van der Waals surface area contributed by atoms with Crippen molar-refractivity contribution in [3.63, 3.8) is 0 Å². The van der Waals surface area contributed by atoms with E-state index in [0.29, 0.717) is 0 Å². The van der Waals surface area contributed by atoms with Crippen molar-refractivity contribution in [3.05, 3.63) is 17.9 Å². The molecule has 1 heterocycles. The number of nitrogens with zero attached hydrogens (tertiary/aromatic N) is 1. The van der Waals surface area contributed by atoms with Crippen LogP contribution < -0.4 is 5.48 Å². The molecule has 0 atom stereocenters. The summed E-state index contributed by atoms with van der Waals surface area (Å²) in [6.45, 7) is -1.63. The molecule has 0 fully saturated rings. The minimum atomic E-state index is -4.43. The van der Waals surface area contributed by atoms with Gasteiger partial charge in [0.25, 0.3) is 10.0 Å². The van der Waals surface area contributed by atoms with Gasteiger partial charge in [-0.3, -0.25) is 4.84 Å². The summed E-state index contributed by atoms with van der Waals surface area (Å²) < 4.78 is 64.5. The third kappa shape index (κ3) is 4.82. The SMILES string of the molecule is CN(C)S(=O)(=O)c1ccc(CNOCC(F)(F)F)o1. The van der Waals surface area contributed by atoms with E-state index < -0.39 is 22.8 Å². The van der Waals surface area contributed by atoms with Crippen molar-refractivity contribution in [2.45, 2.75) is 17.8 Å². The van der Waals surface area contributed by atoms with E-state index in [1.807, 2.05) is 5.48 Å². The summed E-state index contributed by atoms with van der Waals surface area (Å²) in [6, 6.07) is 2.55. The van der Waals surface area contributed by atoms with Gasteiger partial charge in [0.1, 0.15) is 5.76 Å². The molecule has 10 heteroatoms. The van der Waals surface area contributed by atoms with Crippen molar-refractivity contribution in [2.24, 2.45) is 0 Å². The van der Waals surface area contributed by atoms with Crippen molar-refractivity contribution in [1.82, 2.24) is 9.79 Å². The first-order chi connectivity index (χ1) is 8.63. The normalized spacial score (nSPS) is 13.2. The zero-order chi connectivity index (χ0) is 14.7. The van der Waals surface area contributed by atoms with Crippen molar-refractivity contribution in [1.29, 1.82) is 0 Å². The molecule has 0 aromatic carbocycles. The number of sulfonamides is 1. The van der Waals surface area contributed by atoms with Crippen LogP contribution in [-0.2, 0) is 21.4 Å². The van der Waals surface area contributed by atoms with Crippen LogP contribution in [0.15, 0.2) is 21.6 Å². The van der Waals surface area contributed by atoms with E-state index in [-0.39, 0.29) is 17.4 Å². The lowest BCUT2D eigenvalue weighted by Gasteiger charge is -2.08. The Morgan fingerprint density at radius 1 is 1.37 bits per heavy atom. The van der Waals surface area contributed by atoms with Gasteiger partial charge in [0.05, 0.1) is 6.54 Å². The molecule has 0 saturated heterocycles. The predicted molar refractivity (Wildman–Crippen MR) is 58.4 cm³/mol. The molecule has 0 aliphatic heterocycles. The number of furan rings is 1. The zero-order valence-corrected chi connectivity index (χ0v) is 11.0. The van der Waals surface area contributed by atoms with E-state index in [0.717, 1.165) is 4.31 Å². The molecule has 1 N–H and O–H groups in total. The highest BCUT2D eigenvalue weighted by atomic mass is 32.2. The minimum Gasteiger partial charge on any atom is -0.447 e. The van der Waals surface area contributed by atoms with Crippen molar-refractivity contribution >= 4 is 10.0 Å². The molecule has 1 aromatic heterocycles. The molecule has 0 aliphatic rings. The van der Waals surface area contributed by atoms with Gasteiger partial charge in [-0.15, -0.1) is 0 Å². The predicted octanol–water partition coefficient (Wildman–Crippen LogP) is 1.11. The molecule has 110 valence electrons. The average Bonchev–Trinajstić information content (AvgIpc) is 2.72. The summed E-state index contributed by atoms with van der Waals surface area (Å²) in [5.41, 5.74) is 2.03. The van der Waals surface area contributed by atoms with Crippen LogP contribution in [-0.4, -0.2) is 39.6 Å². The van der Waals surface area contributed by atoms with Crippen molar-refractivity contribution < 1.29 is 30.8 Å². The fourth-order valence-corrected chi connectivity index (χ4v) is 1.84. The summed E-state index contributed by atoms with van der Waals surface area (Å²) in [5.74, 6) is 0.141. The summed E-state index contributed by atoms with van der Waals surface area (Å²) in [5, 5.41) is -0.287. The second-order valence-corrected chi connectivity index (χ2v) is 5.82. The molecule has 0 radical (unpaired) electrons. The van der Waals surface area contributed by atoms with Gasteiger partial charge in [-0.05, 0) is 12.1 Å². The average molecular weight is 302 g/mol. The van der Waals surface area contributed by atoms with E-state index in [1.54, 1.807) is 0 Å². The molecule has 0 aliphatic carbocycles. The van der Waals surface area contributed by atoms with Gasteiger partial charge in [-0.2, -0.15) is 18.7 Å². The highest BCUT2D eigenvalue weighted by Crippen LogP contribution is 2.17. The Morgan fingerprint density at radius 3 is 2.53 bits per heavy atom. The highest BCUT2D eigenvalue weighted by Gasteiger charge is 2.27. The molecule has 0 bridgehead atoms. The fraction of sp³-hybridized carbons (Fsp3) is 0.556. The maximum absolute atomic E-state index is 11.8. The number of rotatable bonds is 6. The lowest BCUT2D eigenvalue weighted by atomic mass is 10.5. The molecule has 19 heavy (non-hydrogen) atoms. The fourth-order valence-electron chi connectivity index (χ4n) is 1.03. The monoisotopic (exact) mass is 302 g/mol. The number of halogens is 3. The van der Waals surface area contributed by atoms with E-state index in [2.05, 4.69) is 4.84 Å². The van der Waals surface area contributed by atoms with Crippen LogP contribution in [0.4, 0.5) is 13.2 Å².